The Balaban J connectivity index is 0.768. The maximum Gasteiger partial charge on any atom is 0.246 e. The molecule has 0 saturated carbocycles. The second kappa shape index (κ2) is 22.9. The highest BCUT2D eigenvalue weighted by atomic mass is 32.2. The topological polar surface area (TPSA) is 208 Å². The van der Waals surface area contributed by atoms with Crippen molar-refractivity contribution in [2.24, 2.45) is 5.41 Å². The molecule has 2 saturated heterocycles. The van der Waals surface area contributed by atoms with Crippen molar-refractivity contribution in [1.29, 1.82) is 0 Å². The Labute approximate surface area is 432 Å². The summed E-state index contributed by atoms with van der Waals surface area (Å²) in [5.41, 5.74) is 7.83. The molecule has 5 N–H and O–H groups in total. The fourth-order valence-electron chi connectivity index (χ4n) is 10.1. The molecule has 1 aromatic heterocycles. The monoisotopic (exact) mass is 1030 g/mol. The molecule has 3 aliphatic heterocycles. The summed E-state index contributed by atoms with van der Waals surface area (Å²) >= 11 is 1.57. The Bertz CT molecular complexity index is 2860. The van der Waals surface area contributed by atoms with E-state index in [0.29, 0.717) is 24.5 Å². The number of sulfonamides is 1. The highest BCUT2D eigenvalue weighted by molar-refractivity contribution is 7.93. The zero-order valence-electron chi connectivity index (χ0n) is 42.1. The van der Waals surface area contributed by atoms with Crippen LogP contribution in [-0.4, -0.2) is 107 Å². The lowest BCUT2D eigenvalue weighted by molar-refractivity contribution is -0.144. The summed E-state index contributed by atoms with van der Waals surface area (Å²) in [6, 6.07) is 26.7. The smallest absolute Gasteiger partial charge is 0.246 e. The van der Waals surface area contributed by atoms with E-state index in [1.165, 1.54) is 9.21 Å². The van der Waals surface area contributed by atoms with Crippen LogP contribution in [0, 0.1) is 12.3 Å². The molecule has 0 aliphatic carbocycles. The van der Waals surface area contributed by atoms with Crippen molar-refractivity contribution in [1.82, 2.24) is 20.5 Å². The molecule has 2 fully saturated rings. The quantitative estimate of drug-likeness (QED) is 0.0441. The van der Waals surface area contributed by atoms with E-state index < -0.39 is 57.0 Å². The number of benzene rings is 4. The molecule has 388 valence electrons. The molecule has 6 unspecified atom stereocenters. The van der Waals surface area contributed by atoms with Crippen LogP contribution in [0.2, 0.25) is 0 Å². The minimum atomic E-state index is -3.91. The van der Waals surface area contributed by atoms with Crippen LogP contribution >= 0.6 is 11.3 Å². The predicted molar refractivity (Wildman–Crippen MR) is 283 cm³/mol. The molecule has 5 aromatic rings. The number of aromatic nitrogens is 1. The van der Waals surface area contributed by atoms with Gasteiger partial charge in [0.15, 0.2) is 0 Å². The number of ether oxygens (including phenoxy) is 2. The standard InChI is InChI=1S/C56H67N5O10S2/c1-6-61(73(68,69)47-31-46-49(37-17-23-41(62)24-18-37)50(51(47)71-46)38-19-25-42(63)26-20-38)40-21-27-44(28-22-40)70-29-11-9-7-8-10-12-48(65)59-53(56(3,4)5)55(67)60-33-43(64)30-45(60)54(66)57-32-36-13-15-39(16-14-36)52-35(2)58-34-72-52/h13-28,34,43,45-47,51,53,62-64H,6-12,29-33H2,1-5H3,(H,57,66)(H,59,65). The fourth-order valence-corrected chi connectivity index (χ4v) is 13.0. The van der Waals surface area contributed by atoms with Crippen LogP contribution in [0.15, 0.2) is 103 Å². The number of fused-ring (bicyclic) bond motifs is 2. The van der Waals surface area contributed by atoms with E-state index in [2.05, 4.69) is 15.6 Å². The zero-order valence-corrected chi connectivity index (χ0v) is 43.8. The number of rotatable bonds is 21. The number of phenolic OH excluding ortho intramolecular Hbond substituents is 2. The number of β-amino-alcohol motifs (C(OH)–C–C–N with tert-alkyl or cyclic N) is 1. The van der Waals surface area contributed by atoms with Gasteiger partial charge in [0.2, 0.25) is 27.7 Å². The number of aromatic hydroxyl groups is 2. The molecule has 73 heavy (non-hydrogen) atoms. The number of carbonyl (C=O) groups excluding carboxylic acids is 3. The number of hydrogen-bond donors (Lipinski definition) is 5. The number of nitrogens with one attached hydrogen (secondary N) is 2. The van der Waals surface area contributed by atoms with Crippen molar-refractivity contribution in [2.45, 2.75) is 128 Å². The molecule has 17 heteroatoms. The zero-order chi connectivity index (χ0) is 52.0. The number of aliphatic hydroxyl groups is 1. The number of aliphatic hydroxyl groups excluding tert-OH is 1. The van der Waals surface area contributed by atoms with Crippen LogP contribution in [-0.2, 0) is 35.7 Å². The van der Waals surface area contributed by atoms with Crippen LogP contribution in [0.3, 0.4) is 0 Å². The lowest BCUT2D eigenvalue weighted by Gasteiger charge is -2.35. The molecule has 6 atom stereocenters. The number of likely N-dealkylation sites (tertiary alicyclic amines) is 1. The van der Waals surface area contributed by atoms with Gasteiger partial charge in [0.05, 0.1) is 40.6 Å². The number of unbranched alkanes of at least 4 members (excludes halogenated alkanes) is 4. The van der Waals surface area contributed by atoms with Gasteiger partial charge in [-0.3, -0.25) is 18.7 Å². The second-order valence-electron chi connectivity index (χ2n) is 20.3. The number of aryl methyl sites for hydroxylation is 1. The Hall–Kier alpha value is -6.27. The summed E-state index contributed by atoms with van der Waals surface area (Å²) in [5, 5.41) is 35.6. The van der Waals surface area contributed by atoms with Gasteiger partial charge in [-0.15, -0.1) is 11.3 Å². The van der Waals surface area contributed by atoms with Crippen molar-refractivity contribution in [3.05, 3.63) is 125 Å². The summed E-state index contributed by atoms with van der Waals surface area (Å²) in [7, 11) is -3.91. The molecule has 0 radical (unpaired) electrons. The number of nitrogens with zero attached hydrogens (tertiary/aromatic N) is 3. The Morgan fingerprint density at radius 3 is 2.08 bits per heavy atom. The first-order valence-electron chi connectivity index (χ1n) is 25.2. The van der Waals surface area contributed by atoms with Gasteiger partial charge in [0.1, 0.15) is 40.7 Å². The Kier molecular flexibility index (Phi) is 16.6. The maximum atomic E-state index is 14.5. The predicted octanol–water partition coefficient (Wildman–Crippen LogP) is 8.37. The third-order valence-electron chi connectivity index (χ3n) is 14.0. The SMILES string of the molecule is CCN(c1ccc(OCCCCCCCC(=O)NC(C(=O)N2CC(O)CC2C(=O)NCc2ccc(-c3scnc3C)cc2)C(C)(C)C)cc1)S(=O)(=O)C1CC2OC1C(c1ccc(O)cc1)=C2c1ccc(O)cc1. The van der Waals surface area contributed by atoms with Gasteiger partial charge in [-0.25, -0.2) is 13.4 Å². The van der Waals surface area contributed by atoms with Gasteiger partial charge in [-0.05, 0) is 120 Å². The number of amides is 3. The van der Waals surface area contributed by atoms with E-state index in [1.807, 2.05) is 57.5 Å². The van der Waals surface area contributed by atoms with E-state index >= 15 is 0 Å². The van der Waals surface area contributed by atoms with Crippen LogP contribution in [0.1, 0.15) is 101 Å². The minimum Gasteiger partial charge on any atom is -0.508 e. The summed E-state index contributed by atoms with van der Waals surface area (Å²) in [4.78, 5) is 47.6. The first-order valence-corrected chi connectivity index (χ1v) is 27.6. The van der Waals surface area contributed by atoms with Gasteiger partial charge in [-0.1, -0.05) is 88.6 Å². The third kappa shape index (κ3) is 12.2. The molecule has 8 rings (SSSR count). The lowest BCUT2D eigenvalue weighted by Crippen LogP contribution is -2.57. The van der Waals surface area contributed by atoms with Gasteiger partial charge in [0.25, 0.3) is 0 Å². The number of anilines is 1. The summed E-state index contributed by atoms with van der Waals surface area (Å²) < 4.78 is 42.8. The number of carbonyl (C=O) groups is 3. The first-order chi connectivity index (χ1) is 34.9. The lowest BCUT2D eigenvalue weighted by atomic mass is 9.83. The van der Waals surface area contributed by atoms with E-state index in [0.717, 1.165) is 69.7 Å². The molecule has 3 aliphatic rings. The van der Waals surface area contributed by atoms with E-state index in [4.69, 9.17) is 9.47 Å². The third-order valence-corrected chi connectivity index (χ3v) is 17.2. The summed E-state index contributed by atoms with van der Waals surface area (Å²) in [5.74, 6) is -0.140. The molecular weight excluding hydrogens is 967 g/mol. The number of phenols is 2. The Morgan fingerprint density at radius 1 is 0.849 bits per heavy atom. The van der Waals surface area contributed by atoms with Crippen LogP contribution < -0.4 is 19.7 Å². The summed E-state index contributed by atoms with van der Waals surface area (Å²) in [6.45, 7) is 10.3. The van der Waals surface area contributed by atoms with Crippen molar-refractivity contribution in [3.63, 3.8) is 0 Å². The fraction of sp³-hybridized carbons (Fsp3) is 0.429. The van der Waals surface area contributed by atoms with Crippen molar-refractivity contribution in [2.75, 3.05) is 24.0 Å². The molecule has 3 amide bonds. The van der Waals surface area contributed by atoms with Gasteiger partial charge in [-0.2, -0.15) is 0 Å². The highest BCUT2D eigenvalue weighted by Gasteiger charge is 2.54. The van der Waals surface area contributed by atoms with Crippen LogP contribution in [0.4, 0.5) is 5.69 Å². The van der Waals surface area contributed by atoms with Crippen molar-refractivity contribution >= 4 is 55.9 Å². The molecular formula is C56H67N5O10S2. The van der Waals surface area contributed by atoms with E-state index in [-0.39, 0.29) is 62.2 Å². The average molecular weight is 1030 g/mol. The van der Waals surface area contributed by atoms with E-state index in [1.54, 1.807) is 91.1 Å². The molecule has 4 heterocycles. The van der Waals surface area contributed by atoms with E-state index in [9.17, 15) is 38.1 Å². The number of hydrogen-bond acceptors (Lipinski definition) is 12. The van der Waals surface area contributed by atoms with Crippen molar-refractivity contribution < 1.29 is 47.6 Å². The molecule has 4 aromatic carbocycles. The van der Waals surface area contributed by atoms with Gasteiger partial charge >= 0.3 is 0 Å². The molecule has 2 bridgehead atoms. The van der Waals surface area contributed by atoms with Gasteiger partial charge < -0.3 is 40.3 Å². The Morgan fingerprint density at radius 2 is 1.47 bits per heavy atom. The van der Waals surface area contributed by atoms with Gasteiger partial charge in [0, 0.05) is 32.5 Å². The maximum absolute atomic E-state index is 14.5. The minimum absolute atomic E-state index is 0.00550. The number of thiazole rings is 1. The molecule has 0 spiro atoms. The highest BCUT2D eigenvalue weighted by Crippen LogP contribution is 2.51. The normalized spacial score (nSPS) is 20.0. The van der Waals surface area contributed by atoms with Crippen LogP contribution in [0.5, 0.6) is 17.2 Å². The van der Waals surface area contributed by atoms with Crippen molar-refractivity contribution in [3.8, 4) is 27.7 Å². The first kappa shape index (κ1) is 53.0. The van der Waals surface area contributed by atoms with Crippen LogP contribution in [0.25, 0.3) is 21.6 Å². The largest absolute Gasteiger partial charge is 0.508 e. The second-order valence-corrected chi connectivity index (χ2v) is 23.2. The molecule has 15 nitrogen and oxygen atoms in total. The average Bonchev–Trinajstić information content (AvgIpc) is 4.18. The summed E-state index contributed by atoms with van der Waals surface area (Å²) in [6.07, 6.45) is 2.56.